The predicted octanol–water partition coefficient (Wildman–Crippen LogP) is 5.51. The molecule has 15 heteroatoms. The molecule has 29 heavy (non-hydrogen) atoms. The molecule has 0 atom stereocenters. The van der Waals surface area contributed by atoms with E-state index in [2.05, 4.69) is 0 Å². The molecule has 0 aliphatic carbocycles. The Morgan fingerprint density at radius 1 is 0.724 bits per heavy atom. The standard InChI is InChI=1S/C14H4F11NO2S/c15-11(16,14(23,24)25)8(7(12(17,18)19)13(20,21)22)29-26-9(27)5-3-1-2-4-6(5)10(26)28/h1-4H. The van der Waals surface area contributed by atoms with E-state index in [-0.39, 0.29) is 0 Å². The van der Waals surface area contributed by atoms with Crippen molar-refractivity contribution in [3.63, 3.8) is 0 Å². The fraction of sp³-hybridized carbons (Fsp3) is 0.286. The molecule has 0 unspecified atom stereocenters. The Bertz CT molecular complexity index is 832. The molecule has 3 nitrogen and oxygen atoms in total. The first kappa shape index (κ1) is 23.0. The van der Waals surface area contributed by atoms with Gasteiger partial charge in [0.25, 0.3) is 11.8 Å². The maximum atomic E-state index is 13.7. The minimum Gasteiger partial charge on any atom is -0.268 e. The summed E-state index contributed by atoms with van der Waals surface area (Å²) in [6.07, 6.45) is -20.3. The Hall–Kier alpha value is -2.32. The third kappa shape index (κ3) is 4.04. The molecule has 0 aromatic heterocycles. The maximum Gasteiger partial charge on any atom is 0.458 e. The first-order valence-corrected chi connectivity index (χ1v) is 7.67. The van der Waals surface area contributed by atoms with Crippen LogP contribution in [0.25, 0.3) is 0 Å². The first-order valence-electron chi connectivity index (χ1n) is 6.90. The molecule has 1 aliphatic heterocycles. The average Bonchev–Trinajstić information content (AvgIpc) is 2.76. The van der Waals surface area contributed by atoms with Gasteiger partial charge in [0.15, 0.2) is 5.57 Å². The molecule has 0 fully saturated rings. The van der Waals surface area contributed by atoms with Crippen molar-refractivity contribution in [2.45, 2.75) is 24.5 Å². The number of hydrogen-bond acceptors (Lipinski definition) is 3. The molecule has 1 aromatic rings. The van der Waals surface area contributed by atoms with Gasteiger partial charge in [0.1, 0.15) is 4.91 Å². The number of amides is 2. The summed E-state index contributed by atoms with van der Waals surface area (Å²) in [6.45, 7) is 0. The topological polar surface area (TPSA) is 37.4 Å². The van der Waals surface area contributed by atoms with Gasteiger partial charge in [-0.1, -0.05) is 12.1 Å². The number of carbonyl (C=O) groups excluding carboxylic acids is 2. The summed E-state index contributed by atoms with van der Waals surface area (Å²) in [4.78, 5) is 20.4. The van der Waals surface area contributed by atoms with Gasteiger partial charge in [0, 0.05) is 11.9 Å². The zero-order valence-corrected chi connectivity index (χ0v) is 14.0. The Balaban J connectivity index is 2.73. The summed E-state index contributed by atoms with van der Waals surface area (Å²) < 4.78 is 142. The van der Waals surface area contributed by atoms with Crippen molar-refractivity contribution in [3.05, 3.63) is 45.9 Å². The zero-order valence-electron chi connectivity index (χ0n) is 13.1. The van der Waals surface area contributed by atoms with E-state index in [0.717, 1.165) is 24.3 Å². The van der Waals surface area contributed by atoms with Crippen molar-refractivity contribution in [2.75, 3.05) is 0 Å². The van der Waals surface area contributed by atoms with Crippen LogP contribution in [0.2, 0.25) is 0 Å². The number of alkyl halides is 11. The van der Waals surface area contributed by atoms with Crippen LogP contribution in [-0.2, 0) is 0 Å². The molecular formula is C14H4F11NO2S. The number of fused-ring (bicyclic) bond motifs is 1. The number of carbonyl (C=O) groups is 2. The number of hydrogen-bond donors (Lipinski definition) is 0. The minimum atomic E-state index is -6.89. The monoisotopic (exact) mass is 459 g/mol. The van der Waals surface area contributed by atoms with Gasteiger partial charge in [0.2, 0.25) is 0 Å². The third-order valence-corrected chi connectivity index (χ3v) is 4.53. The zero-order chi connectivity index (χ0) is 22.6. The second-order valence-corrected chi connectivity index (χ2v) is 6.27. The highest BCUT2D eigenvalue weighted by atomic mass is 32.2. The molecule has 0 saturated carbocycles. The van der Waals surface area contributed by atoms with Crippen LogP contribution < -0.4 is 0 Å². The molecule has 1 aliphatic rings. The van der Waals surface area contributed by atoms with Crippen LogP contribution in [0, 0.1) is 0 Å². The molecule has 0 radical (unpaired) electrons. The van der Waals surface area contributed by atoms with Gasteiger partial charge < -0.3 is 0 Å². The quantitative estimate of drug-likeness (QED) is 0.340. The lowest BCUT2D eigenvalue weighted by Crippen LogP contribution is -2.43. The van der Waals surface area contributed by atoms with Gasteiger partial charge in [-0.2, -0.15) is 48.3 Å². The van der Waals surface area contributed by atoms with Crippen LogP contribution in [0.15, 0.2) is 34.7 Å². The van der Waals surface area contributed by atoms with E-state index in [0.29, 0.717) is 0 Å². The van der Waals surface area contributed by atoms with Gasteiger partial charge in [-0.25, -0.2) is 4.31 Å². The highest BCUT2D eigenvalue weighted by Crippen LogP contribution is 2.54. The van der Waals surface area contributed by atoms with Crippen LogP contribution in [-0.4, -0.2) is 40.6 Å². The van der Waals surface area contributed by atoms with Crippen molar-refractivity contribution in [2.24, 2.45) is 0 Å². The predicted molar refractivity (Wildman–Crippen MR) is 74.7 cm³/mol. The molecule has 2 rings (SSSR count). The summed E-state index contributed by atoms with van der Waals surface area (Å²) >= 11 is -1.58. The Morgan fingerprint density at radius 3 is 1.41 bits per heavy atom. The number of allylic oxidation sites excluding steroid dienone is 2. The molecule has 0 bridgehead atoms. The van der Waals surface area contributed by atoms with Crippen LogP contribution in [0.1, 0.15) is 20.7 Å². The normalized spacial score (nSPS) is 15.6. The highest BCUT2D eigenvalue weighted by Gasteiger charge is 2.67. The fourth-order valence-corrected chi connectivity index (χ4v) is 3.25. The van der Waals surface area contributed by atoms with Crippen LogP contribution in [0.3, 0.4) is 0 Å². The van der Waals surface area contributed by atoms with E-state index >= 15 is 0 Å². The molecule has 0 spiro atoms. The van der Waals surface area contributed by atoms with E-state index in [1.165, 1.54) is 0 Å². The van der Waals surface area contributed by atoms with Gasteiger partial charge in [-0.15, -0.1) is 0 Å². The molecular weight excluding hydrogens is 455 g/mol. The van der Waals surface area contributed by atoms with E-state index in [4.69, 9.17) is 0 Å². The molecule has 1 aromatic carbocycles. The van der Waals surface area contributed by atoms with Crippen molar-refractivity contribution < 1.29 is 57.9 Å². The van der Waals surface area contributed by atoms with E-state index in [9.17, 15) is 57.9 Å². The Morgan fingerprint density at radius 2 is 1.10 bits per heavy atom. The smallest absolute Gasteiger partial charge is 0.268 e. The number of rotatable bonds is 3. The van der Waals surface area contributed by atoms with Crippen LogP contribution in [0.5, 0.6) is 0 Å². The number of benzene rings is 1. The van der Waals surface area contributed by atoms with Gasteiger partial charge in [-0.3, -0.25) is 9.59 Å². The molecule has 2 amide bonds. The molecule has 0 N–H and O–H groups in total. The molecule has 160 valence electrons. The van der Waals surface area contributed by atoms with Crippen molar-refractivity contribution in [1.29, 1.82) is 0 Å². The van der Waals surface area contributed by atoms with Crippen molar-refractivity contribution in [1.82, 2.24) is 4.31 Å². The van der Waals surface area contributed by atoms with E-state index in [1.54, 1.807) is 0 Å². The van der Waals surface area contributed by atoms with Gasteiger partial charge >= 0.3 is 24.5 Å². The molecule has 0 saturated heterocycles. The summed E-state index contributed by atoms with van der Waals surface area (Å²) in [6, 6.07) is 4.01. The number of nitrogens with zero attached hydrogens (tertiary/aromatic N) is 1. The number of halogens is 11. The van der Waals surface area contributed by atoms with E-state index in [1.807, 2.05) is 0 Å². The summed E-state index contributed by atoms with van der Waals surface area (Å²) in [5.41, 5.74) is -5.38. The van der Waals surface area contributed by atoms with Crippen molar-refractivity contribution >= 4 is 23.8 Å². The Labute approximate surface area is 157 Å². The SMILES string of the molecule is O=C1c2ccccc2C(=O)N1SC(=C(C(F)(F)F)C(F)(F)F)C(F)(F)C(F)(F)F. The maximum absolute atomic E-state index is 13.7. The summed E-state index contributed by atoms with van der Waals surface area (Å²) in [5.74, 6) is -10.0. The van der Waals surface area contributed by atoms with Gasteiger partial charge in [0.05, 0.1) is 11.1 Å². The lowest BCUT2D eigenvalue weighted by Gasteiger charge is -2.28. The lowest BCUT2D eigenvalue weighted by molar-refractivity contribution is -0.264. The van der Waals surface area contributed by atoms with Crippen molar-refractivity contribution in [3.8, 4) is 0 Å². The highest BCUT2D eigenvalue weighted by molar-refractivity contribution is 8.02. The molecule has 1 heterocycles. The average molecular weight is 459 g/mol. The summed E-state index contributed by atoms with van der Waals surface area (Å²) in [5, 5.41) is 0. The lowest BCUT2D eigenvalue weighted by atomic mass is 10.1. The van der Waals surface area contributed by atoms with Gasteiger partial charge in [-0.05, 0) is 12.1 Å². The fourth-order valence-electron chi connectivity index (χ4n) is 2.15. The van der Waals surface area contributed by atoms with Crippen LogP contribution in [0.4, 0.5) is 48.3 Å². The van der Waals surface area contributed by atoms with Crippen LogP contribution >= 0.6 is 11.9 Å². The second-order valence-electron chi connectivity index (χ2n) is 5.31. The second kappa shape index (κ2) is 6.88. The summed E-state index contributed by atoms with van der Waals surface area (Å²) in [7, 11) is 0. The third-order valence-electron chi connectivity index (χ3n) is 3.37. The van der Waals surface area contributed by atoms with E-state index < -0.39 is 74.1 Å². The largest absolute Gasteiger partial charge is 0.458 e. The number of imide groups is 1. The Kier molecular flexibility index (Phi) is 5.45. The first-order chi connectivity index (χ1) is 12.9. The minimum absolute atomic E-state index is 0.597.